The smallest absolute Gasteiger partial charge is 0.274 e. The Morgan fingerprint density at radius 2 is 2.41 bits per heavy atom. The SMILES string of the molecule is CCONC(=O)c1sc(-c2cccs2)nc1C. The van der Waals surface area contributed by atoms with Gasteiger partial charge in [-0.1, -0.05) is 6.07 Å². The Bertz CT molecular complexity index is 506. The summed E-state index contributed by atoms with van der Waals surface area (Å²) in [5.74, 6) is -0.232. The zero-order valence-corrected chi connectivity index (χ0v) is 11.2. The van der Waals surface area contributed by atoms with Crippen molar-refractivity contribution < 1.29 is 9.63 Å². The van der Waals surface area contributed by atoms with Crippen molar-refractivity contribution in [2.75, 3.05) is 6.61 Å². The van der Waals surface area contributed by atoms with Crippen molar-refractivity contribution in [2.45, 2.75) is 13.8 Å². The molecule has 2 aromatic rings. The molecule has 0 fully saturated rings. The first-order valence-electron chi connectivity index (χ1n) is 5.15. The maximum Gasteiger partial charge on any atom is 0.286 e. The van der Waals surface area contributed by atoms with Crippen LogP contribution in [0.2, 0.25) is 0 Å². The van der Waals surface area contributed by atoms with Crippen LogP contribution < -0.4 is 5.48 Å². The lowest BCUT2D eigenvalue weighted by Crippen LogP contribution is -2.23. The molecule has 0 bridgehead atoms. The third-order valence-electron chi connectivity index (χ3n) is 2.04. The van der Waals surface area contributed by atoms with Crippen LogP contribution in [0.25, 0.3) is 9.88 Å². The molecule has 1 amide bonds. The zero-order valence-electron chi connectivity index (χ0n) is 9.52. The molecule has 0 saturated carbocycles. The first-order chi connectivity index (χ1) is 8.22. The van der Waals surface area contributed by atoms with Crippen LogP contribution in [-0.4, -0.2) is 17.5 Å². The number of aromatic nitrogens is 1. The Labute approximate surface area is 107 Å². The van der Waals surface area contributed by atoms with Gasteiger partial charge in [0.05, 0.1) is 17.2 Å². The van der Waals surface area contributed by atoms with E-state index in [-0.39, 0.29) is 5.91 Å². The second kappa shape index (κ2) is 5.39. The fourth-order valence-electron chi connectivity index (χ4n) is 1.30. The molecule has 2 aromatic heterocycles. The van der Waals surface area contributed by atoms with Crippen LogP contribution >= 0.6 is 22.7 Å². The van der Waals surface area contributed by atoms with E-state index in [4.69, 9.17) is 4.84 Å². The van der Waals surface area contributed by atoms with Crippen molar-refractivity contribution in [1.82, 2.24) is 10.5 Å². The van der Waals surface area contributed by atoms with E-state index >= 15 is 0 Å². The monoisotopic (exact) mass is 268 g/mol. The number of carbonyl (C=O) groups is 1. The average Bonchev–Trinajstić information content (AvgIpc) is 2.94. The van der Waals surface area contributed by atoms with Gasteiger partial charge in [-0.2, -0.15) is 0 Å². The van der Waals surface area contributed by atoms with E-state index in [2.05, 4.69) is 10.5 Å². The zero-order chi connectivity index (χ0) is 12.3. The second-order valence-corrected chi connectivity index (χ2v) is 5.22. The Kier molecular flexibility index (Phi) is 3.88. The van der Waals surface area contributed by atoms with Crippen LogP contribution in [0.3, 0.4) is 0 Å². The predicted molar refractivity (Wildman–Crippen MR) is 69.3 cm³/mol. The highest BCUT2D eigenvalue weighted by Crippen LogP contribution is 2.30. The number of thiophene rings is 1. The lowest BCUT2D eigenvalue weighted by molar-refractivity contribution is 0.0367. The van der Waals surface area contributed by atoms with Crippen LogP contribution in [0.15, 0.2) is 17.5 Å². The van der Waals surface area contributed by atoms with Crippen LogP contribution in [0.5, 0.6) is 0 Å². The van der Waals surface area contributed by atoms with E-state index in [0.29, 0.717) is 11.5 Å². The molecule has 2 heterocycles. The van der Waals surface area contributed by atoms with E-state index < -0.39 is 0 Å². The highest BCUT2D eigenvalue weighted by atomic mass is 32.1. The van der Waals surface area contributed by atoms with Crippen molar-refractivity contribution in [2.24, 2.45) is 0 Å². The predicted octanol–water partition coefficient (Wildman–Crippen LogP) is 2.86. The summed E-state index contributed by atoms with van der Waals surface area (Å²) in [5, 5.41) is 2.87. The number of nitrogens with one attached hydrogen (secondary N) is 1. The molecule has 17 heavy (non-hydrogen) atoms. The molecule has 0 unspecified atom stereocenters. The lowest BCUT2D eigenvalue weighted by Gasteiger charge is -2.00. The van der Waals surface area contributed by atoms with Crippen molar-refractivity contribution in [1.29, 1.82) is 0 Å². The minimum Gasteiger partial charge on any atom is -0.274 e. The van der Waals surface area contributed by atoms with Gasteiger partial charge in [0.15, 0.2) is 0 Å². The standard InChI is InChI=1S/C11H12N2O2S2/c1-3-15-13-10(14)9-7(2)12-11(17-9)8-5-4-6-16-8/h4-6H,3H2,1-2H3,(H,13,14). The molecule has 0 radical (unpaired) electrons. The van der Waals surface area contributed by atoms with Gasteiger partial charge in [0.2, 0.25) is 0 Å². The summed E-state index contributed by atoms with van der Waals surface area (Å²) in [5.41, 5.74) is 3.11. The van der Waals surface area contributed by atoms with Gasteiger partial charge in [0.1, 0.15) is 9.88 Å². The molecule has 0 atom stereocenters. The number of hydrogen-bond acceptors (Lipinski definition) is 5. The maximum atomic E-state index is 11.7. The van der Waals surface area contributed by atoms with Crippen LogP contribution in [-0.2, 0) is 4.84 Å². The molecule has 0 spiro atoms. The average molecular weight is 268 g/mol. The summed E-state index contributed by atoms with van der Waals surface area (Å²) in [6.07, 6.45) is 0. The molecule has 0 saturated heterocycles. The molecule has 0 aliphatic carbocycles. The van der Waals surface area contributed by atoms with Crippen molar-refractivity contribution >= 4 is 28.6 Å². The van der Waals surface area contributed by atoms with Crippen molar-refractivity contribution in [3.8, 4) is 9.88 Å². The third-order valence-corrected chi connectivity index (χ3v) is 4.24. The maximum absolute atomic E-state index is 11.7. The fraction of sp³-hybridized carbons (Fsp3) is 0.273. The largest absolute Gasteiger partial charge is 0.286 e. The first kappa shape index (κ1) is 12.2. The summed E-state index contributed by atoms with van der Waals surface area (Å²) in [6.45, 7) is 4.09. The van der Waals surface area contributed by atoms with Crippen molar-refractivity contribution in [3.05, 3.63) is 28.1 Å². The molecular weight excluding hydrogens is 256 g/mol. The van der Waals surface area contributed by atoms with E-state index in [0.717, 1.165) is 15.6 Å². The van der Waals surface area contributed by atoms with Gasteiger partial charge in [-0.3, -0.25) is 9.63 Å². The van der Waals surface area contributed by atoms with Gasteiger partial charge in [0.25, 0.3) is 5.91 Å². The van der Waals surface area contributed by atoms with Crippen LogP contribution in [0, 0.1) is 6.92 Å². The van der Waals surface area contributed by atoms with Gasteiger partial charge in [-0.15, -0.1) is 22.7 Å². The van der Waals surface area contributed by atoms with Gasteiger partial charge in [0, 0.05) is 0 Å². The van der Waals surface area contributed by atoms with E-state index in [1.807, 2.05) is 31.4 Å². The number of nitrogens with zero attached hydrogens (tertiary/aromatic N) is 1. The van der Waals surface area contributed by atoms with Crippen LogP contribution in [0.1, 0.15) is 22.3 Å². The molecule has 2 rings (SSSR count). The Balaban J connectivity index is 2.22. The lowest BCUT2D eigenvalue weighted by atomic mass is 10.4. The minimum atomic E-state index is -0.232. The number of aryl methyl sites for hydroxylation is 1. The molecule has 0 aromatic carbocycles. The Morgan fingerprint density at radius 3 is 3.06 bits per heavy atom. The highest BCUT2D eigenvalue weighted by Gasteiger charge is 2.16. The number of amides is 1. The Morgan fingerprint density at radius 1 is 1.59 bits per heavy atom. The summed E-state index contributed by atoms with van der Waals surface area (Å²) in [4.78, 5) is 22.7. The molecule has 4 nitrogen and oxygen atoms in total. The molecule has 0 aliphatic rings. The van der Waals surface area contributed by atoms with Gasteiger partial charge in [-0.05, 0) is 25.3 Å². The minimum absolute atomic E-state index is 0.232. The summed E-state index contributed by atoms with van der Waals surface area (Å²) in [7, 11) is 0. The number of carbonyl (C=O) groups excluding carboxylic acids is 1. The van der Waals surface area contributed by atoms with Crippen LogP contribution in [0.4, 0.5) is 0 Å². The molecule has 0 aliphatic heterocycles. The highest BCUT2D eigenvalue weighted by molar-refractivity contribution is 7.22. The number of hydrogen-bond donors (Lipinski definition) is 1. The first-order valence-corrected chi connectivity index (χ1v) is 6.85. The number of thiazole rings is 1. The van der Waals surface area contributed by atoms with Crippen molar-refractivity contribution in [3.63, 3.8) is 0 Å². The van der Waals surface area contributed by atoms with Gasteiger partial charge < -0.3 is 0 Å². The third kappa shape index (κ3) is 2.71. The fourth-order valence-corrected chi connectivity index (χ4v) is 3.05. The van der Waals surface area contributed by atoms with E-state index in [1.54, 1.807) is 11.3 Å². The van der Waals surface area contributed by atoms with Gasteiger partial charge >= 0.3 is 0 Å². The van der Waals surface area contributed by atoms with Gasteiger partial charge in [-0.25, -0.2) is 10.5 Å². The molecular formula is C11H12N2O2S2. The van der Waals surface area contributed by atoms with E-state index in [1.165, 1.54) is 11.3 Å². The Hall–Kier alpha value is -1.24. The number of rotatable bonds is 4. The topological polar surface area (TPSA) is 51.2 Å². The quantitative estimate of drug-likeness (QED) is 0.867. The molecule has 90 valence electrons. The summed E-state index contributed by atoms with van der Waals surface area (Å²) >= 11 is 3.00. The summed E-state index contributed by atoms with van der Waals surface area (Å²) < 4.78 is 0. The number of hydroxylamine groups is 1. The summed E-state index contributed by atoms with van der Waals surface area (Å²) in [6, 6.07) is 3.96. The normalized spacial score (nSPS) is 10.5. The van der Waals surface area contributed by atoms with E-state index in [9.17, 15) is 4.79 Å². The molecule has 1 N–H and O–H groups in total. The second-order valence-electron chi connectivity index (χ2n) is 3.28. The molecule has 6 heteroatoms.